The van der Waals surface area contributed by atoms with Gasteiger partial charge in [0.25, 0.3) is 0 Å². The summed E-state index contributed by atoms with van der Waals surface area (Å²) < 4.78 is 17.5. The van der Waals surface area contributed by atoms with Gasteiger partial charge in [-0.05, 0) is 37.1 Å². The minimum atomic E-state index is -0.301. The van der Waals surface area contributed by atoms with Gasteiger partial charge in [-0.2, -0.15) is 0 Å². The molecule has 0 N–H and O–H groups in total. The van der Waals surface area contributed by atoms with Crippen LogP contribution in [0.1, 0.15) is 26.2 Å². The van der Waals surface area contributed by atoms with Gasteiger partial charge in [0.2, 0.25) is 11.5 Å². The van der Waals surface area contributed by atoms with E-state index in [-0.39, 0.29) is 35.6 Å². The Bertz CT molecular complexity index is 637. The summed E-state index contributed by atoms with van der Waals surface area (Å²) in [4.78, 5) is 23.6. The average Bonchev–Trinajstić information content (AvgIpc) is 2.51. The minimum absolute atomic E-state index is 0.0505. The molecule has 0 saturated heterocycles. The van der Waals surface area contributed by atoms with E-state index in [1.54, 1.807) is 12.1 Å². The van der Waals surface area contributed by atoms with Crippen molar-refractivity contribution in [1.82, 2.24) is 0 Å². The molecular weight excluding hydrogens is 364 g/mol. The summed E-state index contributed by atoms with van der Waals surface area (Å²) in [5, 5.41) is 0. The van der Waals surface area contributed by atoms with E-state index in [1.807, 2.05) is 12.1 Å². The van der Waals surface area contributed by atoms with Crippen LogP contribution < -0.4 is 4.74 Å². The summed E-state index contributed by atoms with van der Waals surface area (Å²) in [5.41, 5.74) is 0. The first-order valence-corrected chi connectivity index (χ1v) is 8.32. The predicted molar refractivity (Wildman–Crippen MR) is 85.6 cm³/mol. The number of benzene rings is 1. The van der Waals surface area contributed by atoms with Crippen LogP contribution in [0.4, 0.5) is 0 Å². The zero-order valence-corrected chi connectivity index (χ0v) is 14.2. The van der Waals surface area contributed by atoms with E-state index < -0.39 is 0 Å². The number of Topliss-reactive ketones (excluding diaryl/α,β-unsaturated/α-hetero) is 1. The summed E-state index contributed by atoms with van der Waals surface area (Å²) in [7, 11) is 0. The molecular formula is C17H17BrO5. The molecule has 6 heteroatoms. The molecule has 1 aliphatic carbocycles. The van der Waals surface area contributed by atoms with E-state index in [4.69, 9.17) is 14.2 Å². The molecule has 1 aliphatic heterocycles. The molecule has 3 unspecified atom stereocenters. The second kappa shape index (κ2) is 6.74. The second-order valence-corrected chi connectivity index (χ2v) is 6.64. The fourth-order valence-corrected chi connectivity index (χ4v) is 3.24. The first-order chi connectivity index (χ1) is 11.0. The van der Waals surface area contributed by atoms with E-state index in [1.165, 1.54) is 13.2 Å². The maximum atomic E-state index is 12.6. The highest BCUT2D eigenvalue weighted by atomic mass is 79.9. The van der Waals surface area contributed by atoms with Crippen LogP contribution in [0, 0.1) is 5.92 Å². The van der Waals surface area contributed by atoms with Gasteiger partial charge in [-0.25, -0.2) is 0 Å². The van der Waals surface area contributed by atoms with Crippen LogP contribution in [0.15, 0.2) is 40.8 Å². The Labute approximate surface area is 142 Å². The van der Waals surface area contributed by atoms with Crippen LogP contribution in [0.5, 0.6) is 5.75 Å². The highest BCUT2D eigenvalue weighted by Gasteiger charge is 2.41. The van der Waals surface area contributed by atoms with Gasteiger partial charge in [-0.1, -0.05) is 15.9 Å². The molecule has 23 heavy (non-hydrogen) atoms. The van der Waals surface area contributed by atoms with Crippen LogP contribution in [0.25, 0.3) is 0 Å². The Hall–Kier alpha value is -1.82. The van der Waals surface area contributed by atoms with Crippen molar-refractivity contribution in [3.05, 3.63) is 40.8 Å². The first kappa shape index (κ1) is 16.1. The van der Waals surface area contributed by atoms with Crippen LogP contribution in [0.2, 0.25) is 0 Å². The Morgan fingerprint density at radius 2 is 2.00 bits per heavy atom. The number of rotatable bonds is 3. The van der Waals surface area contributed by atoms with Crippen molar-refractivity contribution in [3.8, 4) is 5.75 Å². The molecule has 2 aliphatic rings. The lowest BCUT2D eigenvalue weighted by atomic mass is 9.80. The number of fused-ring (bicyclic) bond motifs is 1. The highest BCUT2D eigenvalue weighted by Crippen LogP contribution is 2.35. The molecule has 3 rings (SSSR count). The summed E-state index contributed by atoms with van der Waals surface area (Å²) in [5.74, 6) is 0.219. The van der Waals surface area contributed by atoms with E-state index in [0.717, 1.165) is 4.47 Å². The number of halogens is 1. The summed E-state index contributed by atoms with van der Waals surface area (Å²) in [6, 6.07) is 7.25. The number of hydrogen-bond acceptors (Lipinski definition) is 5. The zero-order valence-electron chi connectivity index (χ0n) is 12.7. The largest absolute Gasteiger partial charge is 0.493 e. The molecule has 0 aromatic heterocycles. The molecule has 5 nitrogen and oxygen atoms in total. The maximum absolute atomic E-state index is 12.6. The molecule has 0 bridgehead atoms. The van der Waals surface area contributed by atoms with Gasteiger partial charge in [0, 0.05) is 17.8 Å². The lowest BCUT2D eigenvalue weighted by Gasteiger charge is -2.36. The molecule has 0 amide bonds. The zero-order chi connectivity index (χ0) is 16.4. The van der Waals surface area contributed by atoms with Gasteiger partial charge >= 0.3 is 5.97 Å². The minimum Gasteiger partial charge on any atom is -0.493 e. The van der Waals surface area contributed by atoms with Gasteiger partial charge in [-0.3, -0.25) is 9.59 Å². The topological polar surface area (TPSA) is 61.8 Å². The molecule has 1 fully saturated rings. The molecule has 3 atom stereocenters. The molecule has 122 valence electrons. The van der Waals surface area contributed by atoms with Crippen LogP contribution in [-0.4, -0.2) is 24.0 Å². The van der Waals surface area contributed by atoms with Crippen molar-refractivity contribution < 1.29 is 23.8 Å². The van der Waals surface area contributed by atoms with E-state index in [9.17, 15) is 9.59 Å². The van der Waals surface area contributed by atoms with Crippen molar-refractivity contribution in [3.63, 3.8) is 0 Å². The number of carbonyl (C=O) groups is 2. The fraction of sp³-hybridized carbons (Fsp3) is 0.412. The fourth-order valence-electron chi connectivity index (χ4n) is 2.98. The molecule has 1 saturated carbocycles. The lowest BCUT2D eigenvalue weighted by Crippen LogP contribution is -2.42. The van der Waals surface area contributed by atoms with Crippen molar-refractivity contribution in [2.24, 2.45) is 5.92 Å². The number of carbonyl (C=O) groups excluding carboxylic acids is 2. The van der Waals surface area contributed by atoms with Crippen molar-refractivity contribution in [2.45, 2.75) is 38.4 Å². The molecule has 1 aromatic carbocycles. The summed E-state index contributed by atoms with van der Waals surface area (Å²) >= 11 is 3.35. The van der Waals surface area contributed by atoms with Gasteiger partial charge in [0.1, 0.15) is 24.2 Å². The Morgan fingerprint density at radius 1 is 1.26 bits per heavy atom. The number of allylic oxidation sites excluding steroid dienone is 1. The van der Waals surface area contributed by atoms with Gasteiger partial charge < -0.3 is 14.2 Å². The molecule has 1 aromatic rings. The molecule has 0 spiro atoms. The quantitative estimate of drug-likeness (QED) is 0.752. The predicted octanol–water partition coefficient (Wildman–Crippen LogP) is 3.37. The van der Waals surface area contributed by atoms with Gasteiger partial charge in [0.15, 0.2) is 0 Å². The van der Waals surface area contributed by atoms with E-state index >= 15 is 0 Å². The highest BCUT2D eigenvalue weighted by molar-refractivity contribution is 9.10. The van der Waals surface area contributed by atoms with Crippen LogP contribution in [-0.2, 0) is 19.1 Å². The monoisotopic (exact) mass is 380 g/mol. The van der Waals surface area contributed by atoms with Crippen LogP contribution in [0.3, 0.4) is 0 Å². The van der Waals surface area contributed by atoms with Gasteiger partial charge in [0.05, 0.1) is 5.92 Å². The third kappa shape index (κ3) is 3.75. The van der Waals surface area contributed by atoms with E-state index in [2.05, 4.69) is 15.9 Å². The SMILES string of the molecule is CC(=O)OC1CCC2C(=O)C(Oc3ccc(Br)cc3)=COC2C1. The normalized spacial score (nSPS) is 26.6. The first-order valence-electron chi connectivity index (χ1n) is 7.53. The van der Waals surface area contributed by atoms with Gasteiger partial charge in [-0.15, -0.1) is 0 Å². The number of ketones is 1. The van der Waals surface area contributed by atoms with E-state index in [0.29, 0.717) is 25.0 Å². The summed E-state index contributed by atoms with van der Waals surface area (Å²) in [6.45, 7) is 1.39. The average molecular weight is 381 g/mol. The Morgan fingerprint density at radius 3 is 2.70 bits per heavy atom. The van der Waals surface area contributed by atoms with Crippen molar-refractivity contribution >= 4 is 27.7 Å². The Balaban J connectivity index is 1.67. The number of hydrogen-bond donors (Lipinski definition) is 0. The second-order valence-electron chi connectivity index (χ2n) is 5.73. The smallest absolute Gasteiger partial charge is 0.302 e. The number of esters is 1. The third-order valence-electron chi connectivity index (χ3n) is 4.05. The van der Waals surface area contributed by atoms with Crippen molar-refractivity contribution in [1.29, 1.82) is 0 Å². The van der Waals surface area contributed by atoms with Crippen molar-refractivity contribution in [2.75, 3.05) is 0 Å². The molecule has 0 radical (unpaired) electrons. The third-order valence-corrected chi connectivity index (χ3v) is 4.58. The Kier molecular flexibility index (Phi) is 4.71. The lowest BCUT2D eigenvalue weighted by molar-refractivity contribution is -0.152. The molecule has 1 heterocycles. The maximum Gasteiger partial charge on any atom is 0.302 e. The summed E-state index contributed by atoms with van der Waals surface area (Å²) in [6.07, 6.45) is 2.78. The standard InChI is InChI=1S/C17H17BrO5/c1-10(19)22-13-6-7-14-15(8-13)21-9-16(17(14)20)23-12-4-2-11(18)3-5-12/h2-5,9,13-15H,6-8H2,1H3. The number of ether oxygens (including phenoxy) is 3. The van der Waals surface area contributed by atoms with Crippen LogP contribution >= 0.6 is 15.9 Å².